The molecule has 4 rings (SSSR count). The number of nitrogens with one attached hydrogen (secondary N) is 2. The lowest BCUT2D eigenvalue weighted by molar-refractivity contribution is -0.120. The molecule has 0 saturated heterocycles. The number of anilines is 4. The lowest BCUT2D eigenvalue weighted by Crippen LogP contribution is -2.32. The SMILES string of the molecule is CC(=O)Nc1ccc(NC2=C(c3cccs3)C(=O)N(c3cccc(N(C)C)c3)C2=O)cc1. The Morgan fingerprint density at radius 1 is 0.938 bits per heavy atom. The fourth-order valence-corrected chi connectivity index (χ4v) is 4.19. The van der Waals surface area contributed by atoms with Crippen LogP contribution in [0.1, 0.15) is 11.8 Å². The van der Waals surface area contributed by atoms with E-state index in [4.69, 9.17) is 0 Å². The Balaban J connectivity index is 1.71. The Labute approximate surface area is 190 Å². The van der Waals surface area contributed by atoms with Gasteiger partial charge in [0, 0.05) is 43.0 Å². The summed E-state index contributed by atoms with van der Waals surface area (Å²) in [6, 6.07) is 17.9. The molecule has 0 radical (unpaired) electrons. The highest BCUT2D eigenvalue weighted by atomic mass is 32.1. The van der Waals surface area contributed by atoms with Crippen LogP contribution in [0.25, 0.3) is 5.57 Å². The van der Waals surface area contributed by atoms with Crippen molar-refractivity contribution < 1.29 is 14.4 Å². The molecule has 0 bridgehead atoms. The first kappa shape index (κ1) is 21.3. The van der Waals surface area contributed by atoms with Crippen LogP contribution in [0.2, 0.25) is 0 Å². The number of carbonyl (C=O) groups excluding carboxylic acids is 3. The minimum atomic E-state index is -0.416. The number of hydrogen-bond acceptors (Lipinski definition) is 6. The van der Waals surface area contributed by atoms with Crippen molar-refractivity contribution in [2.24, 2.45) is 0 Å². The van der Waals surface area contributed by atoms with Crippen LogP contribution < -0.4 is 20.4 Å². The average molecular weight is 447 g/mol. The van der Waals surface area contributed by atoms with E-state index in [1.807, 2.05) is 54.7 Å². The molecule has 2 aromatic carbocycles. The van der Waals surface area contributed by atoms with Crippen LogP contribution >= 0.6 is 11.3 Å². The third-order valence-electron chi connectivity index (χ3n) is 4.93. The second-order valence-corrected chi connectivity index (χ2v) is 8.42. The van der Waals surface area contributed by atoms with Gasteiger partial charge in [-0.25, -0.2) is 4.90 Å². The molecule has 8 heteroatoms. The molecule has 7 nitrogen and oxygen atoms in total. The third-order valence-corrected chi connectivity index (χ3v) is 5.82. The van der Waals surface area contributed by atoms with E-state index in [1.54, 1.807) is 30.3 Å². The van der Waals surface area contributed by atoms with Gasteiger partial charge >= 0.3 is 0 Å². The van der Waals surface area contributed by atoms with Crippen LogP contribution in [-0.2, 0) is 14.4 Å². The number of thiophene rings is 1. The van der Waals surface area contributed by atoms with E-state index in [9.17, 15) is 14.4 Å². The quantitative estimate of drug-likeness (QED) is 0.556. The van der Waals surface area contributed by atoms with Crippen molar-refractivity contribution in [3.8, 4) is 0 Å². The Hall–Kier alpha value is -3.91. The fraction of sp³-hybridized carbons (Fsp3) is 0.125. The van der Waals surface area contributed by atoms with Crippen LogP contribution in [0, 0.1) is 0 Å². The van der Waals surface area contributed by atoms with Gasteiger partial charge in [-0.05, 0) is 53.9 Å². The maximum Gasteiger partial charge on any atom is 0.282 e. The molecule has 0 saturated carbocycles. The molecular formula is C24H22N4O3S. The molecule has 0 atom stereocenters. The molecule has 0 spiro atoms. The zero-order chi connectivity index (χ0) is 22.8. The van der Waals surface area contributed by atoms with Gasteiger partial charge in [-0.15, -0.1) is 11.3 Å². The van der Waals surface area contributed by atoms with Gasteiger partial charge in [0.15, 0.2) is 0 Å². The van der Waals surface area contributed by atoms with Gasteiger partial charge in [0.25, 0.3) is 11.8 Å². The third kappa shape index (κ3) is 4.13. The van der Waals surface area contributed by atoms with Crippen molar-refractivity contribution in [1.82, 2.24) is 0 Å². The van der Waals surface area contributed by atoms with E-state index in [2.05, 4.69) is 10.6 Å². The highest BCUT2D eigenvalue weighted by Gasteiger charge is 2.40. The molecule has 2 N–H and O–H groups in total. The van der Waals surface area contributed by atoms with Crippen LogP contribution in [0.5, 0.6) is 0 Å². The Bertz CT molecular complexity index is 1210. The molecule has 0 unspecified atom stereocenters. The maximum absolute atomic E-state index is 13.4. The number of hydrogen-bond donors (Lipinski definition) is 2. The Kier molecular flexibility index (Phi) is 5.79. The zero-order valence-electron chi connectivity index (χ0n) is 17.9. The lowest BCUT2D eigenvalue weighted by atomic mass is 10.1. The Morgan fingerprint density at radius 2 is 1.66 bits per heavy atom. The predicted octanol–water partition coefficient (Wildman–Crippen LogP) is 4.17. The lowest BCUT2D eigenvalue weighted by Gasteiger charge is -2.19. The van der Waals surface area contributed by atoms with Crippen LogP contribution in [0.4, 0.5) is 22.7 Å². The van der Waals surface area contributed by atoms with Gasteiger partial charge in [-0.2, -0.15) is 0 Å². The molecule has 2 heterocycles. The topological polar surface area (TPSA) is 81.8 Å². The van der Waals surface area contributed by atoms with Gasteiger partial charge in [-0.1, -0.05) is 12.1 Å². The van der Waals surface area contributed by atoms with E-state index in [0.717, 1.165) is 5.69 Å². The van der Waals surface area contributed by atoms with Crippen molar-refractivity contribution in [2.75, 3.05) is 34.5 Å². The molecule has 3 aromatic rings. The highest BCUT2D eigenvalue weighted by Crippen LogP contribution is 2.36. The van der Waals surface area contributed by atoms with E-state index in [-0.39, 0.29) is 17.5 Å². The van der Waals surface area contributed by atoms with Crippen molar-refractivity contribution in [3.05, 3.63) is 76.6 Å². The first-order valence-electron chi connectivity index (χ1n) is 9.94. The molecule has 1 aliphatic rings. The summed E-state index contributed by atoms with van der Waals surface area (Å²) in [6.45, 7) is 1.44. The number of rotatable bonds is 6. The first-order valence-corrected chi connectivity index (χ1v) is 10.8. The van der Waals surface area contributed by atoms with Gasteiger partial charge in [-0.3, -0.25) is 14.4 Å². The summed E-state index contributed by atoms with van der Waals surface area (Å²) in [6.07, 6.45) is 0. The first-order chi connectivity index (χ1) is 15.3. The van der Waals surface area contributed by atoms with E-state index in [0.29, 0.717) is 27.5 Å². The molecule has 1 aromatic heterocycles. The molecule has 0 aliphatic carbocycles. The molecule has 1 aliphatic heterocycles. The second kappa shape index (κ2) is 8.68. The minimum Gasteiger partial charge on any atom is -0.378 e. The number of imide groups is 1. The summed E-state index contributed by atoms with van der Waals surface area (Å²) in [5.41, 5.74) is 3.24. The van der Waals surface area contributed by atoms with Crippen molar-refractivity contribution in [2.45, 2.75) is 6.92 Å². The molecule has 162 valence electrons. The van der Waals surface area contributed by atoms with E-state index < -0.39 is 5.91 Å². The molecular weight excluding hydrogens is 424 g/mol. The largest absolute Gasteiger partial charge is 0.378 e. The highest BCUT2D eigenvalue weighted by molar-refractivity contribution is 7.11. The normalized spacial score (nSPS) is 13.5. The number of nitrogens with zero attached hydrogens (tertiary/aromatic N) is 2. The summed E-state index contributed by atoms with van der Waals surface area (Å²) in [4.78, 5) is 41.9. The van der Waals surface area contributed by atoms with Gasteiger partial charge in [0.05, 0.1) is 11.3 Å². The van der Waals surface area contributed by atoms with Crippen molar-refractivity contribution in [3.63, 3.8) is 0 Å². The van der Waals surface area contributed by atoms with Crippen molar-refractivity contribution >= 4 is 57.4 Å². The molecule has 0 fully saturated rings. The summed E-state index contributed by atoms with van der Waals surface area (Å²) in [5.74, 6) is -0.952. The van der Waals surface area contributed by atoms with E-state index >= 15 is 0 Å². The number of benzene rings is 2. The second-order valence-electron chi connectivity index (χ2n) is 7.47. The summed E-state index contributed by atoms with van der Waals surface area (Å²) in [5, 5.41) is 7.70. The van der Waals surface area contributed by atoms with Crippen LogP contribution in [0.15, 0.2) is 71.7 Å². The monoisotopic (exact) mass is 446 g/mol. The average Bonchev–Trinajstić information content (AvgIpc) is 3.36. The summed E-state index contributed by atoms with van der Waals surface area (Å²) in [7, 11) is 3.80. The van der Waals surface area contributed by atoms with Crippen molar-refractivity contribution in [1.29, 1.82) is 0 Å². The Morgan fingerprint density at radius 3 is 2.28 bits per heavy atom. The molecule has 32 heavy (non-hydrogen) atoms. The molecule has 3 amide bonds. The summed E-state index contributed by atoms with van der Waals surface area (Å²) >= 11 is 1.40. The van der Waals surface area contributed by atoms with Gasteiger partial charge in [0.1, 0.15) is 5.70 Å². The fourth-order valence-electron chi connectivity index (χ4n) is 3.42. The predicted molar refractivity (Wildman–Crippen MR) is 129 cm³/mol. The maximum atomic E-state index is 13.4. The number of amides is 3. The van der Waals surface area contributed by atoms with E-state index in [1.165, 1.54) is 23.2 Å². The zero-order valence-corrected chi connectivity index (χ0v) is 18.7. The summed E-state index contributed by atoms with van der Waals surface area (Å²) < 4.78 is 0. The number of carbonyl (C=O) groups is 3. The van der Waals surface area contributed by atoms with Crippen LogP contribution in [0.3, 0.4) is 0 Å². The smallest absolute Gasteiger partial charge is 0.282 e. The van der Waals surface area contributed by atoms with Crippen LogP contribution in [-0.4, -0.2) is 31.8 Å². The van der Waals surface area contributed by atoms with Gasteiger partial charge < -0.3 is 15.5 Å². The van der Waals surface area contributed by atoms with Gasteiger partial charge in [0.2, 0.25) is 5.91 Å². The minimum absolute atomic E-state index is 0.166. The standard InChI is InChI=1S/C24H22N4O3S/c1-15(29)25-16-9-11-17(12-10-16)26-22-21(20-8-5-13-32-20)23(30)28(24(22)31)19-7-4-6-18(14-19)27(2)3/h4-14,26H,1-3H3,(H,25,29).